The zero-order valence-electron chi connectivity index (χ0n) is 13.4. The second-order valence-electron chi connectivity index (χ2n) is 5.54. The van der Waals surface area contributed by atoms with Crippen LogP contribution in [0.25, 0.3) is 10.8 Å². The highest BCUT2D eigenvalue weighted by atomic mass is 16.5. The minimum Gasteiger partial charge on any atom is -0.493 e. The highest BCUT2D eigenvalue weighted by molar-refractivity contribution is 6.25. The summed E-state index contributed by atoms with van der Waals surface area (Å²) < 4.78 is 5.76. The molecular formula is C18H20N2O3. The summed E-state index contributed by atoms with van der Waals surface area (Å²) in [5.74, 6) is 0.0893. The lowest BCUT2D eigenvalue weighted by molar-refractivity contribution is 0.0521. The molecule has 0 fully saturated rings. The van der Waals surface area contributed by atoms with Crippen molar-refractivity contribution in [3.8, 4) is 5.75 Å². The van der Waals surface area contributed by atoms with Crippen molar-refractivity contribution in [1.29, 1.82) is 0 Å². The van der Waals surface area contributed by atoms with Crippen LogP contribution in [0, 0.1) is 0 Å². The molecule has 0 atom stereocenters. The van der Waals surface area contributed by atoms with Gasteiger partial charge in [0.15, 0.2) is 0 Å². The van der Waals surface area contributed by atoms with Crippen LogP contribution in [-0.2, 0) is 0 Å². The Hall–Kier alpha value is -2.40. The average molecular weight is 312 g/mol. The summed E-state index contributed by atoms with van der Waals surface area (Å²) >= 11 is 0. The van der Waals surface area contributed by atoms with E-state index in [1.54, 1.807) is 12.1 Å². The van der Waals surface area contributed by atoms with E-state index in [9.17, 15) is 9.59 Å². The number of benzene rings is 2. The Morgan fingerprint density at radius 2 is 1.74 bits per heavy atom. The number of hydrogen-bond donors (Lipinski definition) is 1. The van der Waals surface area contributed by atoms with Gasteiger partial charge in [0.25, 0.3) is 11.8 Å². The number of rotatable bonds is 6. The first kappa shape index (κ1) is 15.5. The number of nitrogens with zero attached hydrogens (tertiary/aromatic N) is 1. The first-order valence-electron chi connectivity index (χ1n) is 7.99. The number of carbonyl (C=O) groups is 2. The van der Waals surface area contributed by atoms with Crippen molar-refractivity contribution in [1.82, 2.24) is 10.4 Å². The molecule has 0 spiro atoms. The van der Waals surface area contributed by atoms with E-state index in [0.29, 0.717) is 35.4 Å². The molecule has 0 unspecified atom stereocenters. The van der Waals surface area contributed by atoms with Gasteiger partial charge in [-0.3, -0.25) is 9.59 Å². The van der Waals surface area contributed by atoms with Crippen molar-refractivity contribution in [2.24, 2.45) is 0 Å². The molecule has 0 aromatic heterocycles. The van der Waals surface area contributed by atoms with E-state index in [1.807, 2.05) is 32.0 Å². The zero-order valence-corrected chi connectivity index (χ0v) is 13.4. The Kier molecular flexibility index (Phi) is 4.30. The lowest BCUT2D eigenvalue weighted by Crippen LogP contribution is -2.49. The Balaban J connectivity index is 2.13. The standard InChI is InChI=1S/C18H20N2O3/c1-3-10-19-20-17(21)13-7-5-6-12-15(23-11-4-2)9-8-14(16(12)13)18(20)22/h5-9,19H,3-4,10-11H2,1-2H3. The van der Waals surface area contributed by atoms with Crippen molar-refractivity contribution in [3.05, 3.63) is 41.5 Å². The van der Waals surface area contributed by atoms with Crippen molar-refractivity contribution < 1.29 is 14.3 Å². The Labute approximate surface area is 135 Å². The maximum atomic E-state index is 12.6. The van der Waals surface area contributed by atoms with Crippen LogP contribution in [0.2, 0.25) is 0 Å². The average Bonchev–Trinajstić information content (AvgIpc) is 2.58. The first-order chi connectivity index (χ1) is 11.2. The SMILES string of the molecule is CCCNN1C(=O)c2cccc3c(OCCC)ccc(c23)C1=O. The molecule has 1 aliphatic heterocycles. The summed E-state index contributed by atoms with van der Waals surface area (Å²) in [6.07, 6.45) is 1.73. The monoisotopic (exact) mass is 312 g/mol. The van der Waals surface area contributed by atoms with Gasteiger partial charge in [-0.2, -0.15) is 0 Å². The normalized spacial score (nSPS) is 13.7. The maximum Gasteiger partial charge on any atom is 0.275 e. The van der Waals surface area contributed by atoms with Gasteiger partial charge in [0.2, 0.25) is 0 Å². The molecule has 1 N–H and O–H groups in total. The molecule has 1 heterocycles. The van der Waals surface area contributed by atoms with Crippen LogP contribution < -0.4 is 10.2 Å². The van der Waals surface area contributed by atoms with E-state index in [-0.39, 0.29) is 11.8 Å². The van der Waals surface area contributed by atoms with Crippen LogP contribution in [0.1, 0.15) is 47.4 Å². The molecule has 0 saturated heterocycles. The van der Waals surface area contributed by atoms with Crippen molar-refractivity contribution >= 4 is 22.6 Å². The number of carbonyl (C=O) groups excluding carboxylic acids is 2. The third-order valence-corrected chi connectivity index (χ3v) is 3.85. The highest BCUT2D eigenvalue weighted by Gasteiger charge is 2.33. The van der Waals surface area contributed by atoms with Gasteiger partial charge in [0, 0.05) is 17.3 Å². The predicted octanol–water partition coefficient (Wildman–Crippen LogP) is 3.14. The Morgan fingerprint density at radius 3 is 2.43 bits per heavy atom. The van der Waals surface area contributed by atoms with Gasteiger partial charge in [-0.05, 0) is 31.0 Å². The second kappa shape index (κ2) is 6.38. The van der Waals surface area contributed by atoms with Gasteiger partial charge in [-0.1, -0.05) is 26.0 Å². The number of hydrazine groups is 1. The minimum absolute atomic E-state index is 0.311. The molecule has 120 valence electrons. The third-order valence-electron chi connectivity index (χ3n) is 3.85. The number of amides is 2. The van der Waals surface area contributed by atoms with E-state index in [0.717, 1.165) is 23.2 Å². The lowest BCUT2D eigenvalue weighted by atomic mass is 9.94. The number of hydrogen-bond acceptors (Lipinski definition) is 4. The Morgan fingerprint density at radius 1 is 1.00 bits per heavy atom. The molecule has 23 heavy (non-hydrogen) atoms. The van der Waals surface area contributed by atoms with Gasteiger partial charge in [0.1, 0.15) is 5.75 Å². The zero-order chi connectivity index (χ0) is 16.4. The molecule has 0 bridgehead atoms. The fourth-order valence-electron chi connectivity index (χ4n) is 2.77. The van der Waals surface area contributed by atoms with Crippen LogP contribution in [0.3, 0.4) is 0 Å². The van der Waals surface area contributed by atoms with Gasteiger partial charge >= 0.3 is 0 Å². The van der Waals surface area contributed by atoms with E-state index in [2.05, 4.69) is 5.43 Å². The predicted molar refractivity (Wildman–Crippen MR) is 88.5 cm³/mol. The van der Waals surface area contributed by atoms with Gasteiger partial charge < -0.3 is 4.74 Å². The van der Waals surface area contributed by atoms with Crippen LogP contribution in [0.15, 0.2) is 30.3 Å². The number of nitrogens with one attached hydrogen (secondary N) is 1. The molecule has 2 aromatic carbocycles. The molecule has 2 amide bonds. The Bertz CT molecular complexity index is 748. The number of ether oxygens (including phenoxy) is 1. The molecule has 0 saturated carbocycles. The van der Waals surface area contributed by atoms with E-state index in [1.165, 1.54) is 0 Å². The topological polar surface area (TPSA) is 58.6 Å². The molecular weight excluding hydrogens is 292 g/mol. The first-order valence-corrected chi connectivity index (χ1v) is 7.99. The second-order valence-corrected chi connectivity index (χ2v) is 5.54. The molecule has 5 nitrogen and oxygen atoms in total. The van der Waals surface area contributed by atoms with Crippen molar-refractivity contribution in [2.45, 2.75) is 26.7 Å². The highest BCUT2D eigenvalue weighted by Crippen LogP contribution is 2.35. The largest absolute Gasteiger partial charge is 0.493 e. The molecule has 3 rings (SSSR count). The fourth-order valence-corrected chi connectivity index (χ4v) is 2.77. The summed E-state index contributed by atoms with van der Waals surface area (Å²) in [6, 6.07) is 9.02. The number of imide groups is 1. The summed E-state index contributed by atoms with van der Waals surface area (Å²) in [7, 11) is 0. The van der Waals surface area contributed by atoms with E-state index >= 15 is 0 Å². The summed E-state index contributed by atoms with van der Waals surface area (Å²) in [5, 5.41) is 2.61. The third kappa shape index (κ3) is 2.57. The van der Waals surface area contributed by atoms with Crippen molar-refractivity contribution in [2.75, 3.05) is 13.2 Å². The summed E-state index contributed by atoms with van der Waals surface area (Å²) in [6.45, 7) is 5.19. The molecule has 0 aliphatic carbocycles. The summed E-state index contributed by atoms with van der Waals surface area (Å²) in [5.41, 5.74) is 3.97. The molecule has 0 radical (unpaired) electrons. The van der Waals surface area contributed by atoms with Gasteiger partial charge in [-0.15, -0.1) is 0 Å². The van der Waals surface area contributed by atoms with Crippen LogP contribution in [0.5, 0.6) is 5.75 Å². The van der Waals surface area contributed by atoms with Gasteiger partial charge in [-0.25, -0.2) is 10.4 Å². The van der Waals surface area contributed by atoms with Crippen molar-refractivity contribution in [3.63, 3.8) is 0 Å². The van der Waals surface area contributed by atoms with Gasteiger partial charge in [0.05, 0.1) is 17.7 Å². The maximum absolute atomic E-state index is 12.6. The van der Waals surface area contributed by atoms with E-state index in [4.69, 9.17) is 4.74 Å². The molecule has 2 aromatic rings. The lowest BCUT2D eigenvalue weighted by Gasteiger charge is -2.27. The molecule has 5 heteroatoms. The summed E-state index contributed by atoms with van der Waals surface area (Å²) in [4.78, 5) is 25.3. The minimum atomic E-state index is -0.311. The van der Waals surface area contributed by atoms with E-state index < -0.39 is 0 Å². The smallest absolute Gasteiger partial charge is 0.275 e. The quantitative estimate of drug-likeness (QED) is 0.833. The molecule has 1 aliphatic rings. The van der Waals surface area contributed by atoms with Crippen LogP contribution in [-0.4, -0.2) is 30.0 Å². The fraction of sp³-hybridized carbons (Fsp3) is 0.333. The van der Waals surface area contributed by atoms with Crippen LogP contribution >= 0.6 is 0 Å². The van der Waals surface area contributed by atoms with Crippen LogP contribution in [0.4, 0.5) is 0 Å².